The Bertz CT molecular complexity index is 1110. The van der Waals surface area contributed by atoms with E-state index < -0.39 is 5.91 Å². The summed E-state index contributed by atoms with van der Waals surface area (Å²) >= 11 is 0. The zero-order chi connectivity index (χ0) is 21.5. The van der Waals surface area contributed by atoms with Crippen LogP contribution in [0.4, 0.5) is 0 Å². The van der Waals surface area contributed by atoms with Crippen molar-refractivity contribution >= 4 is 5.91 Å². The number of aromatic nitrogens is 3. The fourth-order valence-corrected chi connectivity index (χ4v) is 3.09. The van der Waals surface area contributed by atoms with Gasteiger partial charge in [0.05, 0.1) is 11.9 Å². The fraction of sp³-hybridized carbons (Fsp3) is 0.125. The van der Waals surface area contributed by atoms with Gasteiger partial charge in [-0.3, -0.25) is 4.79 Å². The normalized spacial score (nSPS) is 10.7. The molecule has 0 saturated carbocycles. The molecule has 2 aromatic carbocycles. The Kier molecular flexibility index (Phi) is 6.35. The van der Waals surface area contributed by atoms with Crippen LogP contribution in [-0.2, 0) is 13.0 Å². The molecule has 0 atom stereocenters. The lowest BCUT2D eigenvalue weighted by atomic mass is 10.1. The summed E-state index contributed by atoms with van der Waals surface area (Å²) in [5, 5.41) is 3.48. The monoisotopic (exact) mass is 413 g/mol. The van der Waals surface area contributed by atoms with Crippen molar-refractivity contribution < 1.29 is 9.53 Å². The third-order valence-electron chi connectivity index (χ3n) is 4.83. The molecule has 4 rings (SSSR count). The SMILES string of the molecule is NC(=O)c1ccc(Oc2ccc(CCNCc3ccc(-n4ccnc4)cc3)cc2)nc1. The molecule has 4 aromatic rings. The van der Waals surface area contributed by atoms with Crippen LogP contribution in [-0.4, -0.2) is 27.0 Å². The summed E-state index contributed by atoms with van der Waals surface area (Å²) in [5.41, 5.74) is 9.12. The van der Waals surface area contributed by atoms with Crippen LogP contribution < -0.4 is 15.8 Å². The van der Waals surface area contributed by atoms with Gasteiger partial charge in [-0.1, -0.05) is 24.3 Å². The summed E-state index contributed by atoms with van der Waals surface area (Å²) in [5.74, 6) is 0.594. The van der Waals surface area contributed by atoms with Crippen LogP contribution in [0.5, 0.6) is 11.6 Å². The molecular formula is C24H23N5O2. The summed E-state index contributed by atoms with van der Waals surface area (Å²) in [6.45, 7) is 1.69. The van der Waals surface area contributed by atoms with E-state index in [1.54, 1.807) is 24.7 Å². The number of primary amides is 1. The minimum atomic E-state index is -0.511. The molecule has 31 heavy (non-hydrogen) atoms. The van der Waals surface area contributed by atoms with E-state index >= 15 is 0 Å². The highest BCUT2D eigenvalue weighted by molar-refractivity contribution is 5.92. The van der Waals surface area contributed by atoms with Crippen molar-refractivity contribution in [3.05, 3.63) is 102 Å². The number of nitrogens with one attached hydrogen (secondary N) is 1. The third kappa shape index (κ3) is 5.55. The number of nitrogens with two attached hydrogens (primary N) is 1. The summed E-state index contributed by atoms with van der Waals surface area (Å²) in [6, 6.07) is 19.5. The van der Waals surface area contributed by atoms with Crippen molar-refractivity contribution in [2.24, 2.45) is 5.73 Å². The van der Waals surface area contributed by atoms with Crippen LogP contribution in [0.1, 0.15) is 21.5 Å². The van der Waals surface area contributed by atoms with Gasteiger partial charge >= 0.3 is 0 Å². The van der Waals surface area contributed by atoms with Gasteiger partial charge in [0, 0.05) is 36.9 Å². The van der Waals surface area contributed by atoms with Gasteiger partial charge in [0.25, 0.3) is 0 Å². The number of ether oxygens (including phenoxy) is 1. The van der Waals surface area contributed by atoms with E-state index in [4.69, 9.17) is 10.5 Å². The third-order valence-corrected chi connectivity index (χ3v) is 4.83. The van der Waals surface area contributed by atoms with Crippen LogP contribution in [0.2, 0.25) is 0 Å². The minimum absolute atomic E-state index is 0.351. The molecule has 0 aliphatic heterocycles. The van der Waals surface area contributed by atoms with Crippen molar-refractivity contribution in [3.63, 3.8) is 0 Å². The number of carbonyl (C=O) groups is 1. The lowest BCUT2D eigenvalue weighted by Gasteiger charge is -2.08. The van der Waals surface area contributed by atoms with Gasteiger partial charge in [0.15, 0.2) is 0 Å². The van der Waals surface area contributed by atoms with Crippen molar-refractivity contribution in [2.75, 3.05) is 6.54 Å². The molecule has 0 bridgehead atoms. The topological polar surface area (TPSA) is 95.1 Å². The molecule has 0 spiro atoms. The molecule has 0 radical (unpaired) electrons. The maximum Gasteiger partial charge on any atom is 0.250 e. The van der Waals surface area contributed by atoms with Crippen LogP contribution in [0.3, 0.4) is 0 Å². The maximum absolute atomic E-state index is 11.1. The van der Waals surface area contributed by atoms with Gasteiger partial charge in [-0.2, -0.15) is 0 Å². The summed E-state index contributed by atoms with van der Waals surface area (Å²) < 4.78 is 7.69. The van der Waals surface area contributed by atoms with Crippen molar-refractivity contribution in [1.82, 2.24) is 19.9 Å². The first-order valence-corrected chi connectivity index (χ1v) is 9.98. The average molecular weight is 413 g/mol. The van der Waals surface area contributed by atoms with Crippen molar-refractivity contribution in [3.8, 4) is 17.3 Å². The summed E-state index contributed by atoms with van der Waals surface area (Å²) in [4.78, 5) is 19.2. The molecule has 7 nitrogen and oxygen atoms in total. The number of pyridine rings is 1. The maximum atomic E-state index is 11.1. The van der Waals surface area contributed by atoms with Crippen molar-refractivity contribution in [1.29, 1.82) is 0 Å². The Morgan fingerprint density at radius 1 is 1.00 bits per heavy atom. The zero-order valence-electron chi connectivity index (χ0n) is 16.9. The lowest BCUT2D eigenvalue weighted by Crippen LogP contribution is -2.16. The molecule has 0 unspecified atom stereocenters. The van der Waals surface area contributed by atoms with E-state index in [1.807, 2.05) is 35.0 Å². The predicted molar refractivity (Wildman–Crippen MR) is 118 cm³/mol. The van der Waals surface area contributed by atoms with Gasteiger partial charge in [0.2, 0.25) is 11.8 Å². The smallest absolute Gasteiger partial charge is 0.250 e. The van der Waals surface area contributed by atoms with Gasteiger partial charge in [-0.05, 0) is 54.4 Å². The first-order chi connectivity index (χ1) is 15.2. The van der Waals surface area contributed by atoms with Crippen LogP contribution in [0.25, 0.3) is 5.69 Å². The second-order valence-corrected chi connectivity index (χ2v) is 7.06. The Hall–Kier alpha value is -3.97. The zero-order valence-corrected chi connectivity index (χ0v) is 16.9. The van der Waals surface area contributed by atoms with E-state index in [1.165, 1.54) is 17.3 Å². The number of benzene rings is 2. The average Bonchev–Trinajstić information content (AvgIpc) is 3.34. The molecule has 0 saturated heterocycles. The van der Waals surface area contributed by atoms with Gasteiger partial charge in [-0.25, -0.2) is 9.97 Å². The number of nitrogens with zero attached hydrogens (tertiary/aromatic N) is 3. The van der Waals surface area contributed by atoms with Gasteiger partial charge < -0.3 is 20.4 Å². The molecule has 2 aromatic heterocycles. The quantitative estimate of drug-likeness (QED) is 0.410. The van der Waals surface area contributed by atoms with E-state index in [0.29, 0.717) is 17.2 Å². The second kappa shape index (κ2) is 9.69. The number of hydrogen-bond donors (Lipinski definition) is 2. The Balaban J connectivity index is 1.22. The highest BCUT2D eigenvalue weighted by Gasteiger charge is 2.03. The van der Waals surface area contributed by atoms with Crippen molar-refractivity contribution in [2.45, 2.75) is 13.0 Å². The Morgan fingerprint density at radius 3 is 2.42 bits per heavy atom. The van der Waals surface area contributed by atoms with E-state index in [-0.39, 0.29) is 0 Å². The van der Waals surface area contributed by atoms with Crippen LogP contribution in [0, 0.1) is 0 Å². The highest BCUT2D eigenvalue weighted by Crippen LogP contribution is 2.20. The first-order valence-electron chi connectivity index (χ1n) is 9.98. The Labute approximate surface area is 180 Å². The first kappa shape index (κ1) is 20.3. The lowest BCUT2D eigenvalue weighted by molar-refractivity contribution is 0.1000. The summed E-state index contributed by atoms with van der Waals surface area (Å²) in [7, 11) is 0. The Morgan fingerprint density at radius 2 is 1.77 bits per heavy atom. The molecule has 156 valence electrons. The van der Waals surface area contributed by atoms with Gasteiger partial charge in [0.1, 0.15) is 5.75 Å². The molecule has 0 aliphatic rings. The number of rotatable bonds is 9. The molecule has 0 fully saturated rings. The molecule has 1 amide bonds. The van der Waals surface area contributed by atoms with E-state index in [0.717, 1.165) is 25.2 Å². The molecule has 0 aliphatic carbocycles. The second-order valence-electron chi connectivity index (χ2n) is 7.06. The van der Waals surface area contributed by atoms with Crippen LogP contribution in [0.15, 0.2) is 85.6 Å². The number of carbonyl (C=O) groups excluding carboxylic acids is 1. The molecule has 3 N–H and O–H groups in total. The minimum Gasteiger partial charge on any atom is -0.439 e. The number of hydrogen-bond acceptors (Lipinski definition) is 5. The summed E-state index contributed by atoms with van der Waals surface area (Å²) in [6.07, 6.45) is 7.81. The fourth-order valence-electron chi connectivity index (χ4n) is 3.09. The molecule has 2 heterocycles. The largest absolute Gasteiger partial charge is 0.439 e. The number of amides is 1. The van der Waals surface area contributed by atoms with Gasteiger partial charge in [-0.15, -0.1) is 0 Å². The van der Waals surface area contributed by atoms with Crippen LogP contribution >= 0.6 is 0 Å². The number of imidazole rings is 1. The molecule has 7 heteroatoms. The highest BCUT2D eigenvalue weighted by atomic mass is 16.5. The standard InChI is InChI=1S/C24H23N5O2/c25-24(30)20-5-10-23(28-16-20)31-22-8-3-18(4-9-22)11-12-26-15-19-1-6-21(7-2-19)29-14-13-27-17-29/h1-10,13-14,16-17,26H,11-12,15H2,(H2,25,30). The molecular weight excluding hydrogens is 390 g/mol. The van der Waals surface area contributed by atoms with E-state index in [9.17, 15) is 4.79 Å². The predicted octanol–water partition coefficient (Wildman–Crippen LogP) is 3.49. The van der Waals surface area contributed by atoms with E-state index in [2.05, 4.69) is 39.6 Å².